The number of aliphatic carboxylic acids is 2. The van der Waals surface area contributed by atoms with E-state index in [1.807, 2.05) is 12.1 Å². The van der Waals surface area contributed by atoms with Crippen LogP contribution in [0.25, 0.3) is 0 Å². The van der Waals surface area contributed by atoms with E-state index < -0.39 is 17.9 Å². The molecular weight excluding hydrogens is 402 g/mol. The van der Waals surface area contributed by atoms with Crippen molar-refractivity contribution in [1.82, 2.24) is 4.98 Å². The zero-order chi connectivity index (χ0) is 23.5. The van der Waals surface area contributed by atoms with Gasteiger partial charge in [0.2, 0.25) is 0 Å². The third-order valence-corrected chi connectivity index (χ3v) is 7.29. The molecule has 1 fully saturated rings. The minimum atomic E-state index is -1.46. The summed E-state index contributed by atoms with van der Waals surface area (Å²) >= 11 is 0. The van der Waals surface area contributed by atoms with E-state index in [4.69, 9.17) is 10.2 Å². The largest absolute Gasteiger partial charge is 0.481 e. The first-order chi connectivity index (χ1) is 14.9. The number of aryl methyl sites for hydroxylation is 1. The summed E-state index contributed by atoms with van der Waals surface area (Å²) in [5, 5.41) is 18.3. The zero-order valence-corrected chi connectivity index (χ0v) is 19.4. The average Bonchev–Trinajstić information content (AvgIpc) is 3.51. The second kappa shape index (κ2) is 7.29. The highest BCUT2D eigenvalue weighted by Gasteiger charge is 2.49. The van der Waals surface area contributed by atoms with Crippen LogP contribution < -0.4 is 0 Å². The Morgan fingerprint density at radius 1 is 0.938 bits per heavy atom. The van der Waals surface area contributed by atoms with Gasteiger partial charge in [-0.05, 0) is 60.1 Å². The lowest BCUT2D eigenvalue weighted by Crippen LogP contribution is -2.30. The topological polar surface area (TPSA) is 87.5 Å². The Hall–Kier alpha value is -2.95. The van der Waals surface area contributed by atoms with Crippen molar-refractivity contribution in [3.63, 3.8) is 0 Å². The van der Waals surface area contributed by atoms with Gasteiger partial charge in [-0.3, -0.25) is 14.6 Å². The fourth-order valence-corrected chi connectivity index (χ4v) is 5.02. The van der Waals surface area contributed by atoms with Gasteiger partial charge in [0.15, 0.2) is 5.92 Å². The Morgan fingerprint density at radius 2 is 1.50 bits per heavy atom. The number of carbonyl (C=O) groups is 2. The standard InChI is InChI=1S/C27H31NO4/c1-16-12-20-21(26(4,5)9-8-25(20,2)3)14-19(16)27(10-11-27)22-7-6-17(15-28-22)13-18(23(29)30)24(31)32/h6-9,12,14-15,18H,10-11,13H2,1-5H3,(H,29,30)(H,31,32). The minimum absolute atomic E-state index is 0.00439. The van der Waals surface area contributed by atoms with Gasteiger partial charge >= 0.3 is 11.9 Å². The van der Waals surface area contributed by atoms with Crippen LogP contribution >= 0.6 is 0 Å². The van der Waals surface area contributed by atoms with E-state index in [0.29, 0.717) is 5.56 Å². The quantitative estimate of drug-likeness (QED) is 0.499. The first-order valence-corrected chi connectivity index (χ1v) is 11.1. The predicted octanol–water partition coefficient (Wildman–Crippen LogP) is 4.92. The third-order valence-electron chi connectivity index (χ3n) is 7.29. The number of carboxylic acids is 2. The molecule has 1 aromatic heterocycles. The lowest BCUT2D eigenvalue weighted by Gasteiger charge is -2.38. The van der Waals surface area contributed by atoms with Crippen LogP contribution in [-0.2, 0) is 32.3 Å². The normalized spacial score (nSPS) is 19.4. The Balaban J connectivity index is 1.70. The van der Waals surface area contributed by atoms with E-state index in [-0.39, 0.29) is 22.7 Å². The van der Waals surface area contributed by atoms with Gasteiger partial charge in [-0.1, -0.05) is 58.0 Å². The molecule has 0 radical (unpaired) electrons. The number of allylic oxidation sites excluding steroid dienone is 2. The van der Waals surface area contributed by atoms with Gasteiger partial charge in [-0.15, -0.1) is 0 Å². The van der Waals surface area contributed by atoms with Gasteiger partial charge in [0.1, 0.15) is 0 Å². The molecule has 168 valence electrons. The van der Waals surface area contributed by atoms with Crippen molar-refractivity contribution in [3.05, 3.63) is 76.1 Å². The number of pyridine rings is 1. The molecule has 0 unspecified atom stereocenters. The number of hydrogen-bond acceptors (Lipinski definition) is 3. The summed E-state index contributed by atoms with van der Waals surface area (Å²) < 4.78 is 0. The molecule has 1 heterocycles. The summed E-state index contributed by atoms with van der Waals surface area (Å²) in [6.45, 7) is 11.2. The molecule has 0 saturated heterocycles. The number of benzene rings is 1. The number of aromatic nitrogens is 1. The monoisotopic (exact) mass is 433 g/mol. The second-order valence-corrected chi connectivity index (χ2v) is 10.6. The summed E-state index contributed by atoms with van der Waals surface area (Å²) in [7, 11) is 0. The smallest absolute Gasteiger partial charge is 0.318 e. The van der Waals surface area contributed by atoms with E-state index in [9.17, 15) is 9.59 Å². The van der Waals surface area contributed by atoms with Crippen molar-refractivity contribution in [2.24, 2.45) is 5.92 Å². The highest BCUT2D eigenvalue weighted by molar-refractivity contribution is 5.93. The lowest BCUT2D eigenvalue weighted by molar-refractivity contribution is -0.154. The fraction of sp³-hybridized carbons (Fsp3) is 0.444. The molecule has 0 bridgehead atoms. The van der Waals surface area contributed by atoms with Crippen molar-refractivity contribution in [2.45, 2.75) is 70.1 Å². The first kappa shape index (κ1) is 22.3. The Morgan fingerprint density at radius 3 is 1.97 bits per heavy atom. The summed E-state index contributed by atoms with van der Waals surface area (Å²) in [4.78, 5) is 27.1. The maximum absolute atomic E-state index is 11.2. The number of nitrogens with zero attached hydrogens (tertiary/aromatic N) is 1. The van der Waals surface area contributed by atoms with Crippen LogP contribution in [0.2, 0.25) is 0 Å². The molecular formula is C27H31NO4. The summed E-state index contributed by atoms with van der Waals surface area (Å²) in [6, 6.07) is 8.49. The number of fused-ring (bicyclic) bond motifs is 1. The zero-order valence-electron chi connectivity index (χ0n) is 19.4. The van der Waals surface area contributed by atoms with Crippen molar-refractivity contribution in [1.29, 1.82) is 0 Å². The SMILES string of the molecule is Cc1cc2c(cc1C1(c3ccc(CC(C(=O)O)C(=O)O)cn3)CC1)C(C)(C)C=CC2(C)C. The van der Waals surface area contributed by atoms with E-state index in [0.717, 1.165) is 18.5 Å². The van der Waals surface area contributed by atoms with Crippen LogP contribution in [0.4, 0.5) is 0 Å². The van der Waals surface area contributed by atoms with Gasteiger partial charge in [-0.25, -0.2) is 0 Å². The maximum atomic E-state index is 11.2. The predicted molar refractivity (Wildman–Crippen MR) is 123 cm³/mol. The molecule has 32 heavy (non-hydrogen) atoms. The minimum Gasteiger partial charge on any atom is -0.481 e. The molecule has 2 aliphatic rings. The maximum Gasteiger partial charge on any atom is 0.318 e. The summed E-state index contributed by atoms with van der Waals surface area (Å²) in [5.41, 5.74) is 6.73. The van der Waals surface area contributed by atoms with Crippen LogP contribution in [-0.4, -0.2) is 27.1 Å². The van der Waals surface area contributed by atoms with Crippen LogP contribution in [0.5, 0.6) is 0 Å². The molecule has 0 spiro atoms. The molecule has 5 nitrogen and oxygen atoms in total. The number of carboxylic acid groups (broad SMARTS) is 2. The Bertz CT molecular complexity index is 1110. The highest BCUT2D eigenvalue weighted by atomic mass is 16.4. The van der Waals surface area contributed by atoms with Crippen LogP contribution in [0.15, 0.2) is 42.6 Å². The third kappa shape index (κ3) is 3.64. The molecule has 0 amide bonds. The molecule has 0 atom stereocenters. The fourth-order valence-electron chi connectivity index (χ4n) is 5.02. The molecule has 1 saturated carbocycles. The van der Waals surface area contributed by atoms with Crippen molar-refractivity contribution in [3.8, 4) is 0 Å². The second-order valence-electron chi connectivity index (χ2n) is 10.6. The number of rotatable bonds is 6. The Kier molecular flexibility index (Phi) is 5.07. The molecule has 2 aliphatic carbocycles. The molecule has 1 aromatic carbocycles. The van der Waals surface area contributed by atoms with E-state index >= 15 is 0 Å². The average molecular weight is 434 g/mol. The number of hydrogen-bond donors (Lipinski definition) is 2. The highest BCUT2D eigenvalue weighted by Crippen LogP contribution is 2.55. The van der Waals surface area contributed by atoms with E-state index in [2.05, 4.69) is 63.9 Å². The van der Waals surface area contributed by atoms with E-state index in [1.165, 1.54) is 22.3 Å². The lowest BCUT2D eigenvalue weighted by atomic mass is 9.66. The van der Waals surface area contributed by atoms with Gasteiger partial charge < -0.3 is 10.2 Å². The molecule has 2 aromatic rings. The summed E-state index contributed by atoms with van der Waals surface area (Å²) in [5.74, 6) is -4.12. The van der Waals surface area contributed by atoms with Crippen molar-refractivity contribution >= 4 is 11.9 Å². The first-order valence-electron chi connectivity index (χ1n) is 11.1. The molecule has 2 N–H and O–H groups in total. The van der Waals surface area contributed by atoms with E-state index in [1.54, 1.807) is 6.20 Å². The summed E-state index contributed by atoms with van der Waals surface area (Å²) in [6.07, 6.45) is 8.22. The molecule has 0 aliphatic heterocycles. The van der Waals surface area contributed by atoms with Crippen molar-refractivity contribution in [2.75, 3.05) is 0 Å². The van der Waals surface area contributed by atoms with Crippen molar-refractivity contribution < 1.29 is 19.8 Å². The van der Waals surface area contributed by atoms with Crippen LogP contribution in [0.1, 0.15) is 74.0 Å². The van der Waals surface area contributed by atoms with Crippen LogP contribution in [0.3, 0.4) is 0 Å². The molecule has 4 rings (SSSR count). The van der Waals surface area contributed by atoms with Gasteiger partial charge in [0.05, 0.1) is 5.69 Å². The van der Waals surface area contributed by atoms with Gasteiger partial charge in [0, 0.05) is 22.4 Å². The molecule has 5 heteroatoms. The Labute approximate surface area is 189 Å². The van der Waals surface area contributed by atoms with Gasteiger partial charge in [0.25, 0.3) is 0 Å². The van der Waals surface area contributed by atoms with Gasteiger partial charge in [-0.2, -0.15) is 0 Å². The van der Waals surface area contributed by atoms with Crippen LogP contribution in [0, 0.1) is 12.8 Å².